The molecule has 33 heavy (non-hydrogen) atoms. The smallest absolute Gasteiger partial charge is 0.343 e. The molecule has 0 aromatic heterocycles. The van der Waals surface area contributed by atoms with Gasteiger partial charge in [0, 0.05) is 11.3 Å². The average Bonchev–Trinajstić information content (AvgIpc) is 2.74. The van der Waals surface area contributed by atoms with Crippen molar-refractivity contribution in [3.8, 4) is 5.75 Å². The lowest BCUT2D eigenvalue weighted by molar-refractivity contribution is 0.0734. The lowest BCUT2D eigenvalue weighted by Crippen LogP contribution is -2.15. The number of carbonyl (C=O) groups is 2. The van der Waals surface area contributed by atoms with E-state index in [0.29, 0.717) is 22.6 Å². The molecule has 4 nitrogen and oxygen atoms in total. The maximum absolute atomic E-state index is 12.7. The van der Waals surface area contributed by atoms with Gasteiger partial charge in [-0.2, -0.15) is 0 Å². The van der Waals surface area contributed by atoms with Crippen LogP contribution < -0.4 is 10.1 Å². The summed E-state index contributed by atoms with van der Waals surface area (Å²) in [5, 5.41) is 2.94. The van der Waals surface area contributed by atoms with E-state index >= 15 is 0 Å². The molecule has 0 aliphatic heterocycles. The Kier molecular flexibility index (Phi) is 6.78. The molecule has 0 unspecified atom stereocenters. The molecule has 1 amide bonds. The number of rotatable bonds is 4. The minimum atomic E-state index is -0.411. The van der Waals surface area contributed by atoms with Crippen LogP contribution in [0.5, 0.6) is 5.75 Å². The highest BCUT2D eigenvalue weighted by Gasteiger charge is 2.17. The van der Waals surface area contributed by atoms with Crippen molar-refractivity contribution in [3.05, 3.63) is 94.5 Å². The Bertz CT molecular complexity index is 1150. The van der Waals surface area contributed by atoms with E-state index in [1.807, 2.05) is 43.3 Å². The predicted octanol–water partition coefficient (Wildman–Crippen LogP) is 7.06. The zero-order valence-electron chi connectivity index (χ0n) is 20.6. The molecule has 4 heteroatoms. The minimum Gasteiger partial charge on any atom is -0.423 e. The van der Waals surface area contributed by atoms with Crippen LogP contribution in [0.25, 0.3) is 0 Å². The average molecular weight is 444 g/mol. The van der Waals surface area contributed by atoms with E-state index in [0.717, 1.165) is 11.1 Å². The van der Waals surface area contributed by atoms with Crippen LogP contribution in [0, 0.1) is 6.92 Å². The Balaban J connectivity index is 1.67. The van der Waals surface area contributed by atoms with Gasteiger partial charge >= 0.3 is 5.97 Å². The van der Waals surface area contributed by atoms with Crippen LogP contribution in [0.1, 0.15) is 78.9 Å². The molecule has 3 aromatic carbocycles. The highest BCUT2D eigenvalue weighted by Crippen LogP contribution is 2.26. The maximum atomic E-state index is 12.7. The number of aryl methyl sites for hydroxylation is 1. The van der Waals surface area contributed by atoms with Crippen molar-refractivity contribution in [1.82, 2.24) is 0 Å². The normalized spacial score (nSPS) is 11.7. The van der Waals surface area contributed by atoms with Crippen LogP contribution >= 0.6 is 0 Å². The van der Waals surface area contributed by atoms with E-state index in [-0.39, 0.29) is 16.7 Å². The molecule has 0 saturated carbocycles. The summed E-state index contributed by atoms with van der Waals surface area (Å²) >= 11 is 0. The van der Waals surface area contributed by atoms with Gasteiger partial charge in [-0.3, -0.25) is 4.79 Å². The number of hydrogen-bond donors (Lipinski definition) is 1. The van der Waals surface area contributed by atoms with Crippen molar-refractivity contribution in [2.24, 2.45) is 0 Å². The van der Waals surface area contributed by atoms with E-state index in [4.69, 9.17) is 4.74 Å². The standard InChI is InChI=1S/C29H33NO3/c1-19-18-24(33-27(32)21-10-14-23(15-11-21)29(5,6)7)16-17-25(19)30-26(31)20-8-12-22(13-9-20)28(2,3)4/h8-18H,1-7H3,(H,30,31). The number of anilines is 1. The summed E-state index contributed by atoms with van der Waals surface area (Å²) in [7, 11) is 0. The van der Waals surface area contributed by atoms with Crippen molar-refractivity contribution in [1.29, 1.82) is 0 Å². The van der Waals surface area contributed by atoms with Gasteiger partial charge in [-0.1, -0.05) is 65.8 Å². The fourth-order valence-electron chi connectivity index (χ4n) is 3.43. The summed E-state index contributed by atoms with van der Waals surface area (Å²) in [6.45, 7) is 14.7. The van der Waals surface area contributed by atoms with E-state index in [2.05, 4.69) is 46.9 Å². The Morgan fingerprint density at radius 1 is 0.697 bits per heavy atom. The third kappa shape index (κ3) is 6.10. The van der Waals surface area contributed by atoms with E-state index in [1.54, 1.807) is 30.3 Å². The predicted molar refractivity (Wildman–Crippen MR) is 134 cm³/mol. The molecule has 0 aliphatic carbocycles. The molecule has 0 bridgehead atoms. The van der Waals surface area contributed by atoms with Crippen LogP contribution in [0.3, 0.4) is 0 Å². The quantitative estimate of drug-likeness (QED) is 0.347. The number of benzene rings is 3. The first kappa shape index (κ1) is 24.2. The molecule has 3 rings (SSSR count). The number of carbonyl (C=O) groups excluding carboxylic acids is 2. The highest BCUT2D eigenvalue weighted by molar-refractivity contribution is 6.04. The van der Waals surface area contributed by atoms with E-state index in [9.17, 15) is 9.59 Å². The fourth-order valence-corrected chi connectivity index (χ4v) is 3.43. The molecule has 172 valence electrons. The van der Waals surface area contributed by atoms with Gasteiger partial charge < -0.3 is 10.1 Å². The Morgan fingerprint density at radius 2 is 1.18 bits per heavy atom. The molecule has 0 fully saturated rings. The molecular formula is C29H33NO3. The molecule has 0 aliphatic rings. The van der Waals surface area contributed by atoms with Gasteiger partial charge in [-0.05, 0) is 76.9 Å². The fraction of sp³-hybridized carbons (Fsp3) is 0.310. The van der Waals surface area contributed by atoms with E-state index < -0.39 is 5.97 Å². The van der Waals surface area contributed by atoms with Gasteiger partial charge in [-0.15, -0.1) is 0 Å². The van der Waals surface area contributed by atoms with Crippen molar-refractivity contribution < 1.29 is 14.3 Å². The lowest BCUT2D eigenvalue weighted by atomic mass is 9.86. The summed E-state index contributed by atoms with van der Waals surface area (Å²) in [4.78, 5) is 25.2. The first-order valence-corrected chi connectivity index (χ1v) is 11.2. The molecule has 0 saturated heterocycles. The zero-order valence-corrected chi connectivity index (χ0v) is 20.6. The maximum Gasteiger partial charge on any atom is 0.343 e. The summed E-state index contributed by atoms with van der Waals surface area (Å²) < 4.78 is 5.54. The first-order valence-electron chi connectivity index (χ1n) is 11.2. The van der Waals surface area contributed by atoms with E-state index in [1.165, 1.54) is 5.56 Å². The Morgan fingerprint density at radius 3 is 1.64 bits per heavy atom. The van der Waals surface area contributed by atoms with Crippen molar-refractivity contribution in [2.75, 3.05) is 5.32 Å². The first-order chi connectivity index (χ1) is 15.3. The summed E-state index contributed by atoms with van der Waals surface area (Å²) in [6, 6.07) is 20.3. The molecule has 0 spiro atoms. The molecule has 1 N–H and O–H groups in total. The van der Waals surface area contributed by atoms with Gasteiger partial charge in [0.1, 0.15) is 5.75 Å². The SMILES string of the molecule is Cc1cc(OC(=O)c2ccc(C(C)(C)C)cc2)ccc1NC(=O)c1ccc(C(C)(C)C)cc1. The highest BCUT2D eigenvalue weighted by atomic mass is 16.5. The van der Waals surface area contributed by atoms with Crippen LogP contribution in [0.15, 0.2) is 66.7 Å². The number of esters is 1. The van der Waals surface area contributed by atoms with Gasteiger partial charge in [0.2, 0.25) is 0 Å². The molecule has 0 heterocycles. The van der Waals surface area contributed by atoms with Crippen LogP contribution in [0.2, 0.25) is 0 Å². The third-order valence-electron chi connectivity index (χ3n) is 5.66. The van der Waals surface area contributed by atoms with Crippen molar-refractivity contribution in [3.63, 3.8) is 0 Å². The van der Waals surface area contributed by atoms with Crippen molar-refractivity contribution >= 4 is 17.6 Å². The molecule has 0 atom stereocenters. The largest absolute Gasteiger partial charge is 0.423 e. The van der Waals surface area contributed by atoms with Crippen LogP contribution in [-0.2, 0) is 10.8 Å². The minimum absolute atomic E-state index is 0.0223. The number of nitrogens with one attached hydrogen (secondary N) is 1. The second-order valence-corrected chi connectivity index (χ2v) is 10.5. The number of ether oxygens (including phenoxy) is 1. The second kappa shape index (κ2) is 9.22. The summed E-state index contributed by atoms with van der Waals surface area (Å²) in [5.41, 5.74) is 4.96. The molecule has 3 aromatic rings. The second-order valence-electron chi connectivity index (χ2n) is 10.5. The van der Waals surface area contributed by atoms with Crippen LogP contribution in [0.4, 0.5) is 5.69 Å². The van der Waals surface area contributed by atoms with Crippen LogP contribution in [-0.4, -0.2) is 11.9 Å². The molecule has 0 radical (unpaired) electrons. The monoisotopic (exact) mass is 443 g/mol. The summed E-state index contributed by atoms with van der Waals surface area (Å²) in [5.74, 6) is -0.155. The van der Waals surface area contributed by atoms with Crippen molar-refractivity contribution in [2.45, 2.75) is 59.3 Å². The Labute approximate surface area is 197 Å². The molecular weight excluding hydrogens is 410 g/mol. The zero-order chi connectivity index (χ0) is 24.4. The number of amides is 1. The summed E-state index contributed by atoms with van der Waals surface area (Å²) in [6.07, 6.45) is 0. The third-order valence-corrected chi connectivity index (χ3v) is 5.66. The van der Waals surface area contributed by atoms with Gasteiger partial charge in [0.25, 0.3) is 5.91 Å². The topological polar surface area (TPSA) is 55.4 Å². The van der Waals surface area contributed by atoms with Gasteiger partial charge in [0.15, 0.2) is 0 Å². The Hall–Kier alpha value is -3.40. The van der Waals surface area contributed by atoms with Gasteiger partial charge in [0.05, 0.1) is 5.56 Å². The number of hydrogen-bond acceptors (Lipinski definition) is 3. The van der Waals surface area contributed by atoms with Gasteiger partial charge in [-0.25, -0.2) is 4.79 Å². The lowest BCUT2D eigenvalue weighted by Gasteiger charge is -2.19.